The highest BCUT2D eigenvalue weighted by Crippen LogP contribution is 2.21. The predicted molar refractivity (Wildman–Crippen MR) is 55.7 cm³/mol. The molecule has 0 saturated heterocycles. The van der Waals surface area contributed by atoms with Gasteiger partial charge in [0.05, 0.1) is 6.20 Å². The van der Waals surface area contributed by atoms with Gasteiger partial charge in [0.15, 0.2) is 0 Å². The van der Waals surface area contributed by atoms with Crippen molar-refractivity contribution >= 4 is 5.69 Å². The Bertz CT molecular complexity index is 397. The van der Waals surface area contributed by atoms with Gasteiger partial charge in [-0.25, -0.2) is 4.98 Å². The van der Waals surface area contributed by atoms with Crippen molar-refractivity contribution in [1.29, 1.82) is 0 Å². The summed E-state index contributed by atoms with van der Waals surface area (Å²) in [6, 6.07) is 0.284. The number of aromatic nitrogens is 2. The van der Waals surface area contributed by atoms with E-state index in [2.05, 4.69) is 17.2 Å². The van der Waals surface area contributed by atoms with Gasteiger partial charge in [0.2, 0.25) is 0 Å². The van der Waals surface area contributed by atoms with Gasteiger partial charge in [0.1, 0.15) is 11.5 Å². The molecule has 0 aliphatic carbocycles. The first-order chi connectivity index (χ1) is 6.74. The smallest absolute Gasteiger partial charge is 0.277 e. The molecule has 0 amide bonds. The molecule has 76 valence electrons. The first kappa shape index (κ1) is 9.24. The van der Waals surface area contributed by atoms with Crippen LogP contribution in [-0.2, 0) is 6.42 Å². The number of aryl methyl sites for hydroxylation is 1. The zero-order valence-corrected chi connectivity index (χ0v) is 8.58. The molecule has 0 aromatic carbocycles. The highest BCUT2D eigenvalue weighted by atomic mass is 16.1. The highest BCUT2D eigenvalue weighted by molar-refractivity contribution is 5.37. The maximum Gasteiger partial charge on any atom is 0.277 e. The zero-order chi connectivity index (χ0) is 10.1. The van der Waals surface area contributed by atoms with Crippen LogP contribution in [0.25, 0.3) is 0 Å². The second-order valence-corrected chi connectivity index (χ2v) is 3.75. The molecule has 0 unspecified atom stereocenters. The van der Waals surface area contributed by atoms with Gasteiger partial charge in [0, 0.05) is 19.5 Å². The van der Waals surface area contributed by atoms with Gasteiger partial charge in [-0.15, -0.1) is 0 Å². The number of nitrogens with one attached hydrogen (secondary N) is 1. The summed E-state index contributed by atoms with van der Waals surface area (Å²) in [5, 5.41) is 2.87. The third-order valence-electron chi connectivity index (χ3n) is 2.80. The Hall–Kier alpha value is -1.32. The Morgan fingerprint density at radius 1 is 1.64 bits per heavy atom. The molecular formula is C10H15N3O. The van der Waals surface area contributed by atoms with E-state index in [0.717, 1.165) is 25.1 Å². The molecule has 1 aliphatic heterocycles. The Kier molecular flexibility index (Phi) is 2.27. The van der Waals surface area contributed by atoms with Gasteiger partial charge in [-0.2, -0.15) is 0 Å². The van der Waals surface area contributed by atoms with Gasteiger partial charge in [-0.1, -0.05) is 0 Å². The second-order valence-electron chi connectivity index (χ2n) is 3.75. The highest BCUT2D eigenvalue weighted by Gasteiger charge is 2.18. The lowest BCUT2D eigenvalue weighted by molar-refractivity contribution is 0.406. The number of fused-ring (bicyclic) bond motifs is 1. The van der Waals surface area contributed by atoms with Crippen LogP contribution in [0, 0.1) is 0 Å². The SMILES string of the molecule is CNc1cnc2n(c1=O)[C@H](C)CCC2. The number of rotatable bonds is 1. The molecule has 0 fully saturated rings. The fourth-order valence-electron chi connectivity index (χ4n) is 2.00. The molecular weight excluding hydrogens is 178 g/mol. The monoisotopic (exact) mass is 193 g/mol. The van der Waals surface area contributed by atoms with Crippen molar-refractivity contribution in [1.82, 2.24) is 9.55 Å². The summed E-state index contributed by atoms with van der Waals surface area (Å²) in [5.74, 6) is 0.924. The molecule has 1 atom stereocenters. The lowest BCUT2D eigenvalue weighted by atomic mass is 10.1. The number of anilines is 1. The van der Waals surface area contributed by atoms with Gasteiger partial charge in [-0.05, 0) is 19.8 Å². The van der Waals surface area contributed by atoms with Crippen molar-refractivity contribution in [2.45, 2.75) is 32.2 Å². The molecule has 1 aliphatic rings. The van der Waals surface area contributed by atoms with E-state index in [9.17, 15) is 4.79 Å². The van der Waals surface area contributed by atoms with Gasteiger partial charge >= 0.3 is 0 Å². The van der Waals surface area contributed by atoms with Crippen LogP contribution in [0.5, 0.6) is 0 Å². The molecule has 1 N–H and O–H groups in total. The Morgan fingerprint density at radius 3 is 3.14 bits per heavy atom. The number of nitrogens with zero attached hydrogens (tertiary/aromatic N) is 2. The van der Waals surface area contributed by atoms with Crippen LogP contribution < -0.4 is 10.9 Å². The normalized spacial score (nSPS) is 20.3. The van der Waals surface area contributed by atoms with Crippen LogP contribution in [0.15, 0.2) is 11.0 Å². The van der Waals surface area contributed by atoms with Crippen LogP contribution in [0.3, 0.4) is 0 Å². The van der Waals surface area contributed by atoms with Crippen molar-refractivity contribution in [2.75, 3.05) is 12.4 Å². The van der Waals surface area contributed by atoms with E-state index in [-0.39, 0.29) is 11.6 Å². The molecule has 2 rings (SSSR count). The zero-order valence-electron chi connectivity index (χ0n) is 8.58. The number of hydrogen-bond acceptors (Lipinski definition) is 3. The maximum atomic E-state index is 11.9. The van der Waals surface area contributed by atoms with E-state index in [1.54, 1.807) is 13.2 Å². The average Bonchev–Trinajstić information content (AvgIpc) is 2.18. The molecule has 4 nitrogen and oxygen atoms in total. The summed E-state index contributed by atoms with van der Waals surface area (Å²) < 4.78 is 1.81. The second kappa shape index (κ2) is 3.44. The summed E-state index contributed by atoms with van der Waals surface area (Å²) in [5.41, 5.74) is 0.646. The van der Waals surface area contributed by atoms with E-state index in [4.69, 9.17) is 0 Å². The quantitative estimate of drug-likeness (QED) is 0.728. The third-order valence-corrected chi connectivity index (χ3v) is 2.80. The summed E-state index contributed by atoms with van der Waals surface area (Å²) >= 11 is 0. The standard InChI is InChI=1S/C10H15N3O/c1-7-4-3-5-9-12-6-8(11-2)10(14)13(7)9/h6-7,11H,3-5H2,1-2H3/t7-/m1/s1. The van der Waals surface area contributed by atoms with Crippen LogP contribution in [0.1, 0.15) is 31.6 Å². The van der Waals surface area contributed by atoms with Crippen molar-refractivity contribution in [3.63, 3.8) is 0 Å². The van der Waals surface area contributed by atoms with Crippen LogP contribution in [0.4, 0.5) is 5.69 Å². The minimum Gasteiger partial charge on any atom is -0.382 e. The molecule has 4 heteroatoms. The fourth-order valence-corrected chi connectivity index (χ4v) is 2.00. The predicted octanol–water partition coefficient (Wildman–Crippen LogP) is 1.18. The minimum atomic E-state index is 0.0599. The van der Waals surface area contributed by atoms with Crippen LogP contribution in [0.2, 0.25) is 0 Å². The van der Waals surface area contributed by atoms with Crippen LogP contribution >= 0.6 is 0 Å². The molecule has 0 saturated carbocycles. The van der Waals surface area contributed by atoms with E-state index in [1.807, 2.05) is 4.57 Å². The van der Waals surface area contributed by atoms with Crippen molar-refractivity contribution < 1.29 is 0 Å². The Labute approximate surface area is 83.0 Å². The van der Waals surface area contributed by atoms with E-state index >= 15 is 0 Å². The fraction of sp³-hybridized carbons (Fsp3) is 0.600. The molecule has 0 spiro atoms. The van der Waals surface area contributed by atoms with Crippen molar-refractivity contribution in [3.05, 3.63) is 22.4 Å². The lowest BCUT2D eigenvalue weighted by Crippen LogP contribution is -2.32. The third kappa shape index (κ3) is 1.31. The molecule has 2 heterocycles. The molecule has 1 aromatic heterocycles. The van der Waals surface area contributed by atoms with Gasteiger partial charge in [0.25, 0.3) is 5.56 Å². The summed E-state index contributed by atoms with van der Waals surface area (Å²) in [6.07, 6.45) is 4.75. The van der Waals surface area contributed by atoms with E-state index < -0.39 is 0 Å². The first-order valence-electron chi connectivity index (χ1n) is 5.02. The molecule has 1 aromatic rings. The molecule has 0 bridgehead atoms. The Morgan fingerprint density at radius 2 is 2.43 bits per heavy atom. The molecule has 0 radical (unpaired) electrons. The van der Waals surface area contributed by atoms with Crippen molar-refractivity contribution in [2.24, 2.45) is 0 Å². The number of hydrogen-bond donors (Lipinski definition) is 1. The van der Waals surface area contributed by atoms with Crippen LogP contribution in [-0.4, -0.2) is 16.6 Å². The largest absolute Gasteiger partial charge is 0.382 e. The summed E-state index contributed by atoms with van der Waals surface area (Å²) in [6.45, 7) is 2.07. The average molecular weight is 193 g/mol. The Balaban J connectivity index is 2.60. The topological polar surface area (TPSA) is 46.9 Å². The van der Waals surface area contributed by atoms with Crippen molar-refractivity contribution in [3.8, 4) is 0 Å². The first-order valence-corrected chi connectivity index (χ1v) is 5.02. The van der Waals surface area contributed by atoms with E-state index in [1.165, 1.54) is 0 Å². The van der Waals surface area contributed by atoms with Gasteiger partial charge < -0.3 is 5.32 Å². The van der Waals surface area contributed by atoms with Gasteiger partial charge in [-0.3, -0.25) is 9.36 Å². The lowest BCUT2D eigenvalue weighted by Gasteiger charge is -2.24. The maximum absolute atomic E-state index is 11.9. The summed E-state index contributed by atoms with van der Waals surface area (Å²) in [7, 11) is 1.75. The van der Waals surface area contributed by atoms with E-state index in [0.29, 0.717) is 5.69 Å². The minimum absolute atomic E-state index is 0.0599. The molecule has 14 heavy (non-hydrogen) atoms. The summed E-state index contributed by atoms with van der Waals surface area (Å²) in [4.78, 5) is 16.2.